The van der Waals surface area contributed by atoms with Crippen LogP contribution in [0.2, 0.25) is 0 Å². The molecule has 0 amide bonds. The number of esters is 3. The summed E-state index contributed by atoms with van der Waals surface area (Å²) in [6, 6.07) is 0. The van der Waals surface area contributed by atoms with Gasteiger partial charge in [-0.2, -0.15) is 0 Å². The van der Waals surface area contributed by atoms with Gasteiger partial charge in [0.1, 0.15) is 13.2 Å². The largest absolute Gasteiger partial charge is 0.462 e. The zero-order valence-corrected chi connectivity index (χ0v) is 54.9. The molecule has 0 N–H and O–H groups in total. The summed E-state index contributed by atoms with van der Waals surface area (Å²) < 4.78 is 16.9. The van der Waals surface area contributed by atoms with E-state index in [0.717, 1.165) is 77.0 Å². The number of ether oxygens (including phenoxy) is 3. The average Bonchev–Trinajstić information content (AvgIpc) is 3.49. The fourth-order valence-electron chi connectivity index (χ4n) is 10.2. The SMILES string of the molecule is CC/C=C\C/C=C\C/C=C\C/C=C\C/C=C\C/C=C\CCC(=O)OCC(COC(=O)CCCCCCCCCCCCC/C=C\CCCCCCCCCC)OC(=O)CCCCCCCCCCCCC/C=C\CCCCCCCCCC. The van der Waals surface area contributed by atoms with Crippen LogP contribution in [-0.2, 0) is 28.6 Å². The quantitative estimate of drug-likeness (QED) is 0.0261. The summed E-state index contributed by atoms with van der Waals surface area (Å²) in [5.74, 6) is -0.973. The number of carbonyl (C=O) groups is 3. The lowest BCUT2D eigenvalue weighted by Crippen LogP contribution is -2.30. The molecule has 0 fully saturated rings. The van der Waals surface area contributed by atoms with Gasteiger partial charge in [-0.05, 0) is 109 Å². The number of carbonyl (C=O) groups excluding carboxylic acids is 3. The van der Waals surface area contributed by atoms with Gasteiger partial charge >= 0.3 is 17.9 Å². The van der Waals surface area contributed by atoms with Gasteiger partial charge in [0.05, 0.1) is 0 Å². The molecule has 1 atom stereocenters. The molecule has 6 heteroatoms. The first-order valence-electron chi connectivity index (χ1n) is 35.7. The minimum absolute atomic E-state index is 0.0997. The highest BCUT2D eigenvalue weighted by Crippen LogP contribution is 2.17. The van der Waals surface area contributed by atoms with Gasteiger partial charge in [0.15, 0.2) is 6.10 Å². The molecule has 0 aromatic carbocycles. The Morgan fingerprint density at radius 1 is 0.253 bits per heavy atom. The molecule has 0 saturated heterocycles. The molecule has 478 valence electrons. The molecular weight excluding hydrogens is 1020 g/mol. The van der Waals surface area contributed by atoms with E-state index in [0.29, 0.717) is 19.3 Å². The van der Waals surface area contributed by atoms with Crippen molar-refractivity contribution in [2.75, 3.05) is 13.2 Å². The molecule has 0 aliphatic carbocycles. The summed E-state index contributed by atoms with van der Waals surface area (Å²) in [7, 11) is 0. The maximum atomic E-state index is 13.0. The molecule has 6 nitrogen and oxygen atoms in total. The van der Waals surface area contributed by atoms with Crippen LogP contribution >= 0.6 is 0 Å². The lowest BCUT2D eigenvalue weighted by atomic mass is 10.0. The molecule has 0 bridgehead atoms. The number of hydrogen-bond acceptors (Lipinski definition) is 6. The smallest absolute Gasteiger partial charge is 0.306 e. The predicted molar refractivity (Wildman–Crippen MR) is 362 cm³/mol. The predicted octanol–water partition coefficient (Wildman–Crippen LogP) is 24.8. The van der Waals surface area contributed by atoms with Crippen LogP contribution in [0.1, 0.15) is 355 Å². The highest BCUT2D eigenvalue weighted by Gasteiger charge is 2.19. The van der Waals surface area contributed by atoms with E-state index in [9.17, 15) is 14.4 Å². The van der Waals surface area contributed by atoms with Crippen LogP contribution in [0.5, 0.6) is 0 Å². The summed E-state index contributed by atoms with van der Waals surface area (Å²) in [4.78, 5) is 38.5. The zero-order chi connectivity index (χ0) is 59.9. The Hall–Kier alpha value is -3.67. The second kappa shape index (κ2) is 70.8. The van der Waals surface area contributed by atoms with E-state index in [1.807, 2.05) is 6.08 Å². The molecule has 0 aliphatic heterocycles. The summed E-state index contributed by atoms with van der Waals surface area (Å²) in [6.45, 7) is 6.51. The van der Waals surface area contributed by atoms with Crippen molar-refractivity contribution in [2.24, 2.45) is 0 Å². The van der Waals surface area contributed by atoms with Gasteiger partial charge in [-0.3, -0.25) is 14.4 Å². The van der Waals surface area contributed by atoms with Crippen LogP contribution in [0.15, 0.2) is 97.2 Å². The second-order valence-corrected chi connectivity index (χ2v) is 23.8. The van der Waals surface area contributed by atoms with Crippen molar-refractivity contribution in [2.45, 2.75) is 361 Å². The van der Waals surface area contributed by atoms with Crippen LogP contribution in [-0.4, -0.2) is 37.2 Å². The Morgan fingerprint density at radius 3 is 0.807 bits per heavy atom. The lowest BCUT2D eigenvalue weighted by molar-refractivity contribution is -0.166. The van der Waals surface area contributed by atoms with E-state index in [1.165, 1.54) is 231 Å². The van der Waals surface area contributed by atoms with Crippen molar-refractivity contribution >= 4 is 17.9 Å². The summed E-state index contributed by atoms with van der Waals surface area (Å²) >= 11 is 0. The van der Waals surface area contributed by atoms with Gasteiger partial charge < -0.3 is 14.2 Å². The minimum atomic E-state index is -0.812. The van der Waals surface area contributed by atoms with Crippen LogP contribution < -0.4 is 0 Å². The highest BCUT2D eigenvalue weighted by atomic mass is 16.6. The second-order valence-electron chi connectivity index (χ2n) is 23.8. The van der Waals surface area contributed by atoms with E-state index in [-0.39, 0.29) is 37.5 Å². The van der Waals surface area contributed by atoms with Crippen LogP contribution in [0.4, 0.5) is 0 Å². The van der Waals surface area contributed by atoms with Crippen molar-refractivity contribution in [3.63, 3.8) is 0 Å². The van der Waals surface area contributed by atoms with Crippen LogP contribution in [0.3, 0.4) is 0 Å². The Kier molecular flexibility index (Phi) is 67.7. The average molecular weight is 1160 g/mol. The van der Waals surface area contributed by atoms with Gasteiger partial charge in [-0.15, -0.1) is 0 Å². The highest BCUT2D eigenvalue weighted by molar-refractivity contribution is 5.71. The number of rotatable bonds is 65. The van der Waals surface area contributed by atoms with Gasteiger partial charge in [0, 0.05) is 19.3 Å². The molecular formula is C77H134O6. The van der Waals surface area contributed by atoms with E-state index >= 15 is 0 Å². The fraction of sp³-hybridized carbons (Fsp3) is 0.753. The molecule has 0 aromatic rings. The Bertz CT molecular complexity index is 1610. The van der Waals surface area contributed by atoms with Crippen molar-refractivity contribution in [1.29, 1.82) is 0 Å². The third kappa shape index (κ3) is 69.0. The Balaban J connectivity index is 4.43. The summed E-state index contributed by atoms with van der Waals surface area (Å²) in [5, 5.41) is 0. The van der Waals surface area contributed by atoms with Gasteiger partial charge in [-0.25, -0.2) is 0 Å². The third-order valence-corrected chi connectivity index (χ3v) is 15.6. The minimum Gasteiger partial charge on any atom is -0.462 e. The topological polar surface area (TPSA) is 78.9 Å². The van der Waals surface area contributed by atoms with Crippen LogP contribution in [0.25, 0.3) is 0 Å². The number of hydrogen-bond donors (Lipinski definition) is 0. The van der Waals surface area contributed by atoms with E-state index in [1.54, 1.807) is 0 Å². The fourth-order valence-corrected chi connectivity index (χ4v) is 10.2. The first-order valence-corrected chi connectivity index (χ1v) is 35.7. The van der Waals surface area contributed by atoms with E-state index in [4.69, 9.17) is 14.2 Å². The van der Waals surface area contributed by atoms with Gasteiger partial charge in [0.25, 0.3) is 0 Å². The zero-order valence-electron chi connectivity index (χ0n) is 54.9. The molecule has 0 saturated carbocycles. The van der Waals surface area contributed by atoms with Crippen molar-refractivity contribution in [3.8, 4) is 0 Å². The molecule has 1 unspecified atom stereocenters. The third-order valence-electron chi connectivity index (χ3n) is 15.6. The van der Waals surface area contributed by atoms with Gasteiger partial charge in [0.2, 0.25) is 0 Å². The molecule has 0 aliphatic rings. The normalized spacial score (nSPS) is 12.7. The molecule has 0 heterocycles. The van der Waals surface area contributed by atoms with Crippen molar-refractivity contribution in [1.82, 2.24) is 0 Å². The molecule has 83 heavy (non-hydrogen) atoms. The van der Waals surface area contributed by atoms with E-state index < -0.39 is 6.10 Å². The maximum absolute atomic E-state index is 13.0. The Morgan fingerprint density at radius 2 is 0.494 bits per heavy atom. The van der Waals surface area contributed by atoms with Crippen molar-refractivity contribution in [3.05, 3.63) is 97.2 Å². The standard InChI is InChI=1S/C77H134O6/c1-4-7-10-13-16-19-22-25-28-31-34-36-38-40-43-46-49-52-55-58-61-64-67-70-76(79)82-73-74(72-81-75(78)69-66-63-60-57-54-51-48-45-42-33-30-27-24-21-18-15-12-9-6-3)83-77(80)71-68-65-62-59-56-53-50-47-44-41-39-37-35-32-29-26-23-20-17-14-11-8-5-2/h9,12,18,21,27,30-32,34-35,42,45,51,54,60,63,74H,4-8,10-11,13-17,19-20,22-26,28-29,33,36-41,43-44,46-50,52-53,55-59,61-62,64-73H2,1-3H3/b12-9-,21-18-,30-27-,34-31-,35-32-,45-42-,54-51-,63-60-. The summed E-state index contributed by atoms with van der Waals surface area (Å²) in [6.07, 6.45) is 95.9. The number of allylic oxidation sites excluding steroid dienone is 16. The number of unbranched alkanes of at least 4 members (excludes halogenated alkanes) is 38. The molecule has 0 aromatic heterocycles. The molecule has 0 rings (SSSR count). The monoisotopic (exact) mass is 1160 g/mol. The first kappa shape index (κ1) is 79.3. The maximum Gasteiger partial charge on any atom is 0.306 e. The Labute approximate surface area is 515 Å². The van der Waals surface area contributed by atoms with Crippen molar-refractivity contribution < 1.29 is 28.6 Å². The molecule has 0 spiro atoms. The van der Waals surface area contributed by atoms with Crippen LogP contribution in [0, 0.1) is 0 Å². The summed E-state index contributed by atoms with van der Waals surface area (Å²) in [5.41, 5.74) is 0. The lowest BCUT2D eigenvalue weighted by Gasteiger charge is -2.18. The first-order chi connectivity index (χ1) is 41.0. The van der Waals surface area contributed by atoms with Gasteiger partial charge in [-0.1, -0.05) is 323 Å². The van der Waals surface area contributed by atoms with E-state index in [2.05, 4.69) is 112 Å². The molecule has 0 radical (unpaired) electrons.